The van der Waals surface area contributed by atoms with E-state index in [9.17, 15) is 0 Å². The van der Waals surface area contributed by atoms with Crippen molar-refractivity contribution in [1.82, 2.24) is 19.7 Å². The zero-order valence-corrected chi connectivity index (χ0v) is 14.2. The highest BCUT2D eigenvalue weighted by molar-refractivity contribution is 5.41. The van der Waals surface area contributed by atoms with Gasteiger partial charge in [-0.3, -0.25) is 0 Å². The van der Waals surface area contributed by atoms with Crippen molar-refractivity contribution < 1.29 is 4.74 Å². The Kier molecular flexibility index (Phi) is 4.74. The van der Waals surface area contributed by atoms with Crippen LogP contribution in [0.25, 0.3) is 5.82 Å². The van der Waals surface area contributed by atoms with Crippen molar-refractivity contribution in [2.24, 2.45) is 0 Å². The molecule has 24 heavy (non-hydrogen) atoms. The lowest BCUT2D eigenvalue weighted by Gasteiger charge is -2.08. The number of ether oxygens (including phenoxy) is 1. The average Bonchev–Trinajstić information content (AvgIpc) is 2.94. The highest BCUT2D eigenvalue weighted by atomic mass is 16.5. The molecule has 0 saturated heterocycles. The van der Waals surface area contributed by atoms with E-state index in [4.69, 9.17) is 4.74 Å². The highest BCUT2D eigenvalue weighted by Gasteiger charge is 2.06. The summed E-state index contributed by atoms with van der Waals surface area (Å²) >= 11 is 0. The molecular formula is C18H21N5O. The molecule has 124 valence electrons. The Balaban J connectivity index is 1.65. The van der Waals surface area contributed by atoms with Gasteiger partial charge in [-0.25, -0.2) is 14.6 Å². The first-order valence-electron chi connectivity index (χ1n) is 7.88. The average molecular weight is 323 g/mol. The van der Waals surface area contributed by atoms with Crippen LogP contribution in [0.5, 0.6) is 5.75 Å². The number of aryl methyl sites for hydroxylation is 2. The lowest BCUT2D eigenvalue weighted by molar-refractivity contribution is 0.414. The van der Waals surface area contributed by atoms with Crippen LogP contribution in [0.3, 0.4) is 0 Å². The largest absolute Gasteiger partial charge is 0.497 e. The number of hydrogen-bond acceptors (Lipinski definition) is 5. The van der Waals surface area contributed by atoms with Gasteiger partial charge in [0.25, 0.3) is 0 Å². The molecule has 6 heteroatoms. The molecule has 0 aliphatic rings. The first kappa shape index (κ1) is 16.0. The predicted octanol–water partition coefficient (Wildman–Crippen LogP) is 2.94. The fraction of sp³-hybridized carbons (Fsp3) is 0.278. The van der Waals surface area contributed by atoms with Crippen molar-refractivity contribution in [1.29, 1.82) is 0 Å². The van der Waals surface area contributed by atoms with Gasteiger partial charge in [-0.15, -0.1) is 0 Å². The van der Waals surface area contributed by atoms with E-state index < -0.39 is 0 Å². The third-order valence-corrected chi connectivity index (χ3v) is 3.73. The first-order valence-corrected chi connectivity index (χ1v) is 7.88. The molecule has 0 radical (unpaired) electrons. The number of methoxy groups -OCH3 is 1. The van der Waals surface area contributed by atoms with E-state index in [0.29, 0.717) is 0 Å². The van der Waals surface area contributed by atoms with Crippen LogP contribution in [0.2, 0.25) is 0 Å². The third kappa shape index (κ3) is 3.71. The topological polar surface area (TPSA) is 64.9 Å². The maximum absolute atomic E-state index is 5.25. The summed E-state index contributed by atoms with van der Waals surface area (Å²) in [6.45, 7) is 4.76. The van der Waals surface area contributed by atoms with Crippen LogP contribution in [0.15, 0.2) is 42.7 Å². The van der Waals surface area contributed by atoms with Gasteiger partial charge in [-0.05, 0) is 44.0 Å². The van der Waals surface area contributed by atoms with Crippen LogP contribution in [0.4, 0.5) is 5.82 Å². The molecule has 2 heterocycles. The number of benzene rings is 1. The fourth-order valence-corrected chi connectivity index (χ4v) is 2.58. The molecule has 0 bridgehead atoms. The number of anilines is 1. The van der Waals surface area contributed by atoms with Crippen molar-refractivity contribution in [2.45, 2.75) is 20.3 Å². The molecule has 0 aliphatic heterocycles. The molecule has 0 amide bonds. The predicted molar refractivity (Wildman–Crippen MR) is 93.8 cm³/mol. The van der Waals surface area contributed by atoms with Crippen molar-refractivity contribution in [3.8, 4) is 11.6 Å². The lowest BCUT2D eigenvalue weighted by atomic mass is 10.1. The number of nitrogens with zero attached hydrogens (tertiary/aromatic N) is 4. The van der Waals surface area contributed by atoms with Gasteiger partial charge in [0, 0.05) is 18.3 Å². The van der Waals surface area contributed by atoms with E-state index >= 15 is 0 Å². The van der Waals surface area contributed by atoms with Crippen LogP contribution in [-0.2, 0) is 6.42 Å². The first-order chi connectivity index (χ1) is 11.7. The quantitative estimate of drug-likeness (QED) is 0.755. The molecule has 3 aromatic rings. The van der Waals surface area contributed by atoms with Crippen LogP contribution in [-0.4, -0.2) is 33.4 Å². The molecular weight excluding hydrogens is 302 g/mol. The minimum Gasteiger partial charge on any atom is -0.497 e. The second-order valence-corrected chi connectivity index (χ2v) is 5.63. The van der Waals surface area contributed by atoms with Crippen LogP contribution in [0.1, 0.15) is 17.0 Å². The molecule has 1 aromatic carbocycles. The van der Waals surface area contributed by atoms with Crippen LogP contribution < -0.4 is 10.1 Å². The van der Waals surface area contributed by atoms with Crippen LogP contribution >= 0.6 is 0 Å². The Hall–Kier alpha value is -2.89. The van der Waals surface area contributed by atoms with Gasteiger partial charge < -0.3 is 10.1 Å². The molecule has 6 nitrogen and oxygen atoms in total. The van der Waals surface area contributed by atoms with Gasteiger partial charge in [0.15, 0.2) is 5.82 Å². The van der Waals surface area contributed by atoms with E-state index in [-0.39, 0.29) is 0 Å². The summed E-state index contributed by atoms with van der Waals surface area (Å²) in [5.74, 6) is 2.43. The number of nitrogens with one attached hydrogen (secondary N) is 1. The molecule has 2 aromatic heterocycles. The molecule has 0 unspecified atom stereocenters. The monoisotopic (exact) mass is 323 g/mol. The van der Waals surface area contributed by atoms with Gasteiger partial charge in [0.1, 0.15) is 17.9 Å². The molecule has 0 atom stereocenters. The smallest absolute Gasteiger partial charge is 0.159 e. The van der Waals surface area contributed by atoms with Gasteiger partial charge in [0.05, 0.1) is 12.8 Å². The second kappa shape index (κ2) is 7.12. The van der Waals surface area contributed by atoms with E-state index in [2.05, 4.69) is 26.4 Å². The van der Waals surface area contributed by atoms with Gasteiger partial charge in [0.2, 0.25) is 0 Å². The summed E-state index contributed by atoms with van der Waals surface area (Å²) in [4.78, 5) is 8.58. The van der Waals surface area contributed by atoms with Crippen molar-refractivity contribution in [2.75, 3.05) is 19.0 Å². The highest BCUT2D eigenvalue weighted by Crippen LogP contribution is 2.14. The Labute approximate surface area is 141 Å². The SMILES string of the molecule is COc1cccc(CCNc2cc(-n3nc(C)cc3C)ncn2)c1. The summed E-state index contributed by atoms with van der Waals surface area (Å²) in [6.07, 6.45) is 2.44. The van der Waals surface area contributed by atoms with Gasteiger partial charge >= 0.3 is 0 Å². The number of hydrogen-bond donors (Lipinski definition) is 1. The van der Waals surface area contributed by atoms with E-state index in [1.165, 1.54) is 5.56 Å². The molecule has 0 saturated carbocycles. The Morgan fingerprint density at radius 1 is 1.12 bits per heavy atom. The van der Waals surface area contributed by atoms with Gasteiger partial charge in [-0.2, -0.15) is 5.10 Å². The van der Waals surface area contributed by atoms with Crippen LogP contribution in [0, 0.1) is 13.8 Å². The van der Waals surface area contributed by atoms with Gasteiger partial charge in [-0.1, -0.05) is 12.1 Å². The summed E-state index contributed by atoms with van der Waals surface area (Å²) in [5.41, 5.74) is 3.24. The summed E-state index contributed by atoms with van der Waals surface area (Å²) in [5, 5.41) is 7.79. The van der Waals surface area contributed by atoms with E-state index in [0.717, 1.165) is 41.7 Å². The Morgan fingerprint density at radius 2 is 2.00 bits per heavy atom. The Bertz CT molecular complexity index is 828. The maximum Gasteiger partial charge on any atom is 0.159 e. The molecule has 3 rings (SSSR count). The Morgan fingerprint density at radius 3 is 2.75 bits per heavy atom. The maximum atomic E-state index is 5.25. The van der Waals surface area contributed by atoms with Crippen molar-refractivity contribution >= 4 is 5.82 Å². The lowest BCUT2D eigenvalue weighted by Crippen LogP contribution is -2.09. The van der Waals surface area contributed by atoms with Crippen molar-refractivity contribution in [3.05, 3.63) is 59.7 Å². The molecule has 0 spiro atoms. The zero-order chi connectivity index (χ0) is 16.9. The molecule has 0 fully saturated rings. The molecule has 1 N–H and O–H groups in total. The zero-order valence-electron chi connectivity index (χ0n) is 14.2. The van der Waals surface area contributed by atoms with E-state index in [1.54, 1.807) is 13.4 Å². The second-order valence-electron chi connectivity index (χ2n) is 5.63. The van der Waals surface area contributed by atoms with Crippen molar-refractivity contribution in [3.63, 3.8) is 0 Å². The number of rotatable bonds is 6. The standard InChI is InChI=1S/C18H21N5O/c1-13-9-14(2)23(22-13)18-11-17(20-12-21-18)19-8-7-15-5-4-6-16(10-15)24-3/h4-6,9-12H,7-8H2,1-3H3,(H,19,20,21). The van der Waals surface area contributed by atoms with E-state index in [1.807, 2.05) is 48.9 Å². The third-order valence-electron chi connectivity index (χ3n) is 3.73. The normalized spacial score (nSPS) is 10.6. The minimum absolute atomic E-state index is 0.763. The fourth-order valence-electron chi connectivity index (χ4n) is 2.58. The summed E-state index contributed by atoms with van der Waals surface area (Å²) < 4.78 is 7.07. The summed E-state index contributed by atoms with van der Waals surface area (Å²) in [6, 6.07) is 12.0. The number of aromatic nitrogens is 4. The summed E-state index contributed by atoms with van der Waals surface area (Å²) in [7, 11) is 1.68. The minimum atomic E-state index is 0.763. The molecule has 0 aliphatic carbocycles.